The zero-order chi connectivity index (χ0) is 10.1. The van der Waals surface area contributed by atoms with Gasteiger partial charge in [0.25, 0.3) is 0 Å². The van der Waals surface area contributed by atoms with Crippen molar-refractivity contribution in [3.8, 4) is 0 Å². The van der Waals surface area contributed by atoms with Crippen molar-refractivity contribution in [1.29, 1.82) is 0 Å². The van der Waals surface area contributed by atoms with Gasteiger partial charge in [-0.2, -0.15) is 0 Å². The molecule has 14 heavy (non-hydrogen) atoms. The average molecular weight is 188 g/mol. The fourth-order valence-corrected chi connectivity index (χ4v) is 1.26. The Morgan fingerprint density at radius 3 is 3.00 bits per heavy atom. The first-order valence-electron chi connectivity index (χ1n) is 4.06. The molecule has 1 aromatic carbocycles. The van der Waals surface area contributed by atoms with Crippen LogP contribution in [0.2, 0.25) is 0 Å². The molecular weight excluding hydrogens is 180 g/mol. The number of H-pyrrole nitrogens is 1. The molecule has 4 heteroatoms. The molecule has 2 aromatic rings. The quantitative estimate of drug-likeness (QED) is 0.756. The average Bonchev–Trinajstić information content (AvgIpc) is 2.58. The van der Waals surface area contributed by atoms with E-state index in [-0.39, 0.29) is 5.56 Å². The summed E-state index contributed by atoms with van der Waals surface area (Å²) in [6, 6.07) is 4.75. The summed E-state index contributed by atoms with van der Waals surface area (Å²) in [5.41, 5.74) is 1.70. The van der Waals surface area contributed by atoms with Crippen LogP contribution in [0.3, 0.4) is 0 Å². The minimum Gasteiger partial charge on any atom is -0.478 e. The van der Waals surface area contributed by atoms with Crippen molar-refractivity contribution in [1.82, 2.24) is 9.97 Å². The fraction of sp³-hybridized carbons (Fsp3) is 0. The summed E-state index contributed by atoms with van der Waals surface area (Å²) in [5.74, 6) is -0.302. The summed E-state index contributed by atoms with van der Waals surface area (Å²) in [4.78, 5) is 17.8. The second kappa shape index (κ2) is 2.99. The highest BCUT2D eigenvalue weighted by molar-refractivity contribution is 5.92. The molecule has 0 fully saturated rings. The molecule has 0 aliphatic rings. The van der Waals surface area contributed by atoms with E-state index in [0.29, 0.717) is 11.3 Å². The van der Waals surface area contributed by atoms with E-state index >= 15 is 0 Å². The van der Waals surface area contributed by atoms with Crippen molar-refractivity contribution < 1.29 is 9.90 Å². The largest absolute Gasteiger partial charge is 0.478 e. The van der Waals surface area contributed by atoms with Gasteiger partial charge in [0, 0.05) is 0 Å². The molecule has 0 saturated heterocycles. The Balaban J connectivity index is 2.65. The predicted molar refractivity (Wildman–Crippen MR) is 53.1 cm³/mol. The lowest BCUT2D eigenvalue weighted by atomic mass is 10.2. The summed E-state index contributed by atoms with van der Waals surface area (Å²) in [5, 5.41) is 8.75. The lowest BCUT2D eigenvalue weighted by molar-refractivity contribution is 0.0697. The predicted octanol–water partition coefficient (Wildman–Crippen LogP) is 1.90. The smallest absolute Gasteiger partial charge is 0.335 e. The third-order valence-electron chi connectivity index (χ3n) is 1.94. The van der Waals surface area contributed by atoms with E-state index in [1.54, 1.807) is 18.2 Å². The third-order valence-corrected chi connectivity index (χ3v) is 1.94. The van der Waals surface area contributed by atoms with E-state index in [1.165, 1.54) is 6.07 Å². The van der Waals surface area contributed by atoms with Crippen LogP contribution in [-0.2, 0) is 0 Å². The molecule has 0 aliphatic carbocycles. The van der Waals surface area contributed by atoms with Crippen LogP contribution in [0.15, 0.2) is 24.8 Å². The van der Waals surface area contributed by atoms with Crippen molar-refractivity contribution in [2.24, 2.45) is 0 Å². The molecule has 0 aliphatic heterocycles. The van der Waals surface area contributed by atoms with E-state index in [2.05, 4.69) is 16.5 Å². The second-order valence-corrected chi connectivity index (χ2v) is 2.86. The van der Waals surface area contributed by atoms with Crippen molar-refractivity contribution in [3.05, 3.63) is 36.2 Å². The number of aromatic amines is 1. The molecule has 0 spiro atoms. The van der Waals surface area contributed by atoms with E-state index in [1.807, 2.05) is 0 Å². The molecule has 70 valence electrons. The van der Waals surface area contributed by atoms with Gasteiger partial charge < -0.3 is 10.1 Å². The molecule has 0 bridgehead atoms. The highest BCUT2D eigenvalue weighted by Gasteiger charge is 2.05. The van der Waals surface area contributed by atoms with Gasteiger partial charge in [-0.15, -0.1) is 0 Å². The van der Waals surface area contributed by atoms with Crippen LogP contribution in [0, 0.1) is 0 Å². The molecule has 0 atom stereocenters. The highest BCUT2D eigenvalue weighted by Crippen LogP contribution is 2.14. The number of aromatic carboxylic acids is 1. The van der Waals surface area contributed by atoms with Crippen LogP contribution >= 0.6 is 0 Å². The minimum atomic E-state index is -0.943. The van der Waals surface area contributed by atoms with Gasteiger partial charge >= 0.3 is 5.97 Å². The monoisotopic (exact) mass is 188 g/mol. The first-order valence-corrected chi connectivity index (χ1v) is 4.06. The summed E-state index contributed by atoms with van der Waals surface area (Å²) in [6.45, 7) is 3.57. The minimum absolute atomic E-state index is 0.247. The molecule has 0 amide bonds. The summed E-state index contributed by atoms with van der Waals surface area (Å²) < 4.78 is 0. The third kappa shape index (κ3) is 1.26. The Kier molecular flexibility index (Phi) is 1.81. The number of hydrogen-bond donors (Lipinski definition) is 2. The molecule has 0 unspecified atom stereocenters. The SMILES string of the molecule is C=Cc1nc2ccc(C(=O)O)cc2[nH]1. The van der Waals surface area contributed by atoms with Gasteiger partial charge in [-0.1, -0.05) is 6.58 Å². The number of carboxylic acids is 1. The Hall–Kier alpha value is -2.10. The number of nitrogens with zero attached hydrogens (tertiary/aromatic N) is 1. The van der Waals surface area contributed by atoms with Crippen LogP contribution < -0.4 is 0 Å². The topological polar surface area (TPSA) is 66.0 Å². The number of fused-ring (bicyclic) bond motifs is 1. The van der Waals surface area contributed by atoms with Crippen molar-refractivity contribution >= 4 is 23.1 Å². The normalized spacial score (nSPS) is 10.3. The lowest BCUT2D eigenvalue weighted by Gasteiger charge is -1.92. The Bertz CT molecular complexity index is 514. The molecule has 1 aromatic heterocycles. The van der Waals surface area contributed by atoms with Crippen LogP contribution in [0.5, 0.6) is 0 Å². The number of carboxylic acid groups (broad SMARTS) is 1. The summed E-state index contributed by atoms with van der Waals surface area (Å²) in [7, 11) is 0. The van der Waals surface area contributed by atoms with Crippen LogP contribution in [0.1, 0.15) is 16.2 Å². The Labute approximate surface area is 79.9 Å². The number of imidazole rings is 1. The number of aromatic nitrogens is 2. The molecular formula is C10H8N2O2. The molecule has 2 rings (SSSR count). The maximum atomic E-state index is 10.7. The van der Waals surface area contributed by atoms with Gasteiger partial charge in [0.15, 0.2) is 0 Å². The molecule has 0 radical (unpaired) electrons. The van der Waals surface area contributed by atoms with Gasteiger partial charge in [0.2, 0.25) is 0 Å². The second-order valence-electron chi connectivity index (χ2n) is 2.86. The highest BCUT2D eigenvalue weighted by atomic mass is 16.4. The van der Waals surface area contributed by atoms with Gasteiger partial charge in [-0.05, 0) is 24.3 Å². The van der Waals surface area contributed by atoms with E-state index in [4.69, 9.17) is 5.11 Å². The van der Waals surface area contributed by atoms with Gasteiger partial charge in [0.05, 0.1) is 16.6 Å². The molecule has 0 saturated carbocycles. The maximum Gasteiger partial charge on any atom is 0.335 e. The van der Waals surface area contributed by atoms with Gasteiger partial charge in [0.1, 0.15) is 5.82 Å². The van der Waals surface area contributed by atoms with E-state index in [9.17, 15) is 4.79 Å². The van der Waals surface area contributed by atoms with Crippen LogP contribution in [-0.4, -0.2) is 21.0 Å². The molecule has 4 nitrogen and oxygen atoms in total. The standard InChI is InChI=1S/C10H8N2O2/c1-2-9-11-7-4-3-6(10(13)14)5-8(7)12-9/h2-5H,1H2,(H,11,12)(H,13,14). The number of rotatable bonds is 2. The fourth-order valence-electron chi connectivity index (χ4n) is 1.26. The zero-order valence-electron chi connectivity index (χ0n) is 7.32. The van der Waals surface area contributed by atoms with Crippen LogP contribution in [0.25, 0.3) is 17.1 Å². The Morgan fingerprint density at radius 1 is 1.57 bits per heavy atom. The van der Waals surface area contributed by atoms with E-state index < -0.39 is 5.97 Å². The first kappa shape index (κ1) is 8.50. The van der Waals surface area contributed by atoms with E-state index in [0.717, 1.165) is 5.52 Å². The number of nitrogens with one attached hydrogen (secondary N) is 1. The van der Waals surface area contributed by atoms with Crippen LogP contribution in [0.4, 0.5) is 0 Å². The Morgan fingerprint density at radius 2 is 2.36 bits per heavy atom. The lowest BCUT2D eigenvalue weighted by Crippen LogP contribution is -1.94. The number of benzene rings is 1. The number of hydrogen-bond acceptors (Lipinski definition) is 2. The van der Waals surface area contributed by atoms with Crippen molar-refractivity contribution in [2.45, 2.75) is 0 Å². The number of carbonyl (C=O) groups is 1. The summed E-state index contributed by atoms with van der Waals surface area (Å²) in [6.07, 6.45) is 1.58. The maximum absolute atomic E-state index is 10.7. The summed E-state index contributed by atoms with van der Waals surface area (Å²) >= 11 is 0. The van der Waals surface area contributed by atoms with Gasteiger partial charge in [-0.3, -0.25) is 0 Å². The van der Waals surface area contributed by atoms with Crippen molar-refractivity contribution in [3.63, 3.8) is 0 Å². The van der Waals surface area contributed by atoms with Crippen molar-refractivity contribution in [2.75, 3.05) is 0 Å². The zero-order valence-corrected chi connectivity index (χ0v) is 7.32. The first-order chi connectivity index (χ1) is 6.70. The molecule has 2 N–H and O–H groups in total. The molecule has 1 heterocycles. The van der Waals surface area contributed by atoms with Gasteiger partial charge in [-0.25, -0.2) is 9.78 Å².